The number of nitrogens with two attached hydrogens (primary N) is 1. The van der Waals surface area contributed by atoms with Gasteiger partial charge in [0.05, 0.1) is 0 Å². The van der Waals surface area contributed by atoms with Crippen molar-refractivity contribution in [3.8, 4) is 5.75 Å². The highest BCUT2D eigenvalue weighted by Crippen LogP contribution is 2.26. The summed E-state index contributed by atoms with van der Waals surface area (Å²) in [5.74, 6) is 0.891. The van der Waals surface area contributed by atoms with Crippen molar-refractivity contribution in [3.05, 3.63) is 64.7 Å². The Balaban J connectivity index is 2.17. The molecule has 0 aliphatic heterocycles. The molecule has 0 aromatic heterocycles. The third-order valence-electron chi connectivity index (χ3n) is 3.65. The Morgan fingerprint density at radius 1 is 1.10 bits per heavy atom. The van der Waals surface area contributed by atoms with Crippen LogP contribution >= 0.6 is 0 Å². The van der Waals surface area contributed by atoms with E-state index in [2.05, 4.69) is 39.0 Å². The third kappa shape index (κ3) is 3.40. The summed E-state index contributed by atoms with van der Waals surface area (Å²) in [6, 6.07) is 14.5. The number of aryl methyl sites for hydroxylation is 2. The summed E-state index contributed by atoms with van der Waals surface area (Å²) >= 11 is 0. The van der Waals surface area contributed by atoms with E-state index in [0.717, 1.165) is 17.7 Å². The van der Waals surface area contributed by atoms with Gasteiger partial charge in [0.1, 0.15) is 12.4 Å². The van der Waals surface area contributed by atoms with E-state index in [1.165, 1.54) is 16.7 Å². The van der Waals surface area contributed by atoms with Crippen LogP contribution in [0.4, 0.5) is 0 Å². The number of hydrogen-bond donors (Lipinski definition) is 1. The van der Waals surface area contributed by atoms with Crippen LogP contribution in [0.1, 0.15) is 41.6 Å². The molecular weight excluding hydrogens is 246 g/mol. The molecule has 0 amide bonds. The Hall–Kier alpha value is -1.80. The molecule has 2 aromatic rings. The predicted molar refractivity (Wildman–Crippen MR) is 83.9 cm³/mol. The van der Waals surface area contributed by atoms with Crippen LogP contribution in [0.5, 0.6) is 5.75 Å². The summed E-state index contributed by atoms with van der Waals surface area (Å²) in [6.07, 6.45) is 0.907. The topological polar surface area (TPSA) is 35.2 Å². The standard InChI is InChI=1S/C18H23NO/c1-4-17(19)16-7-5-6-8-18(16)20-12-15-11-13(2)9-10-14(15)3/h5-11,17H,4,12,19H2,1-3H3/t17-/m1/s1. The van der Waals surface area contributed by atoms with Crippen molar-refractivity contribution in [2.45, 2.75) is 39.8 Å². The van der Waals surface area contributed by atoms with Gasteiger partial charge in [-0.2, -0.15) is 0 Å². The molecule has 20 heavy (non-hydrogen) atoms. The minimum Gasteiger partial charge on any atom is -0.489 e. The van der Waals surface area contributed by atoms with Crippen molar-refractivity contribution in [2.24, 2.45) is 5.73 Å². The van der Waals surface area contributed by atoms with E-state index in [1.54, 1.807) is 0 Å². The number of rotatable bonds is 5. The second kappa shape index (κ2) is 6.58. The Morgan fingerprint density at radius 3 is 2.60 bits per heavy atom. The van der Waals surface area contributed by atoms with Gasteiger partial charge in [0, 0.05) is 11.6 Å². The molecule has 0 unspecified atom stereocenters. The van der Waals surface area contributed by atoms with E-state index in [9.17, 15) is 0 Å². The average Bonchev–Trinajstić information content (AvgIpc) is 2.47. The van der Waals surface area contributed by atoms with Crippen LogP contribution in [0, 0.1) is 13.8 Å². The van der Waals surface area contributed by atoms with Gasteiger partial charge in [0.2, 0.25) is 0 Å². The highest BCUT2D eigenvalue weighted by Gasteiger charge is 2.10. The zero-order valence-electron chi connectivity index (χ0n) is 12.5. The SMILES string of the molecule is CC[C@@H](N)c1ccccc1OCc1cc(C)ccc1C. The fourth-order valence-electron chi connectivity index (χ4n) is 2.25. The van der Waals surface area contributed by atoms with Crippen molar-refractivity contribution in [1.29, 1.82) is 0 Å². The lowest BCUT2D eigenvalue weighted by molar-refractivity contribution is 0.300. The van der Waals surface area contributed by atoms with Crippen LogP contribution < -0.4 is 10.5 Å². The molecule has 0 fully saturated rings. The van der Waals surface area contributed by atoms with Gasteiger partial charge < -0.3 is 10.5 Å². The second-order valence-corrected chi connectivity index (χ2v) is 5.27. The summed E-state index contributed by atoms with van der Waals surface area (Å²) in [7, 11) is 0. The maximum atomic E-state index is 6.14. The van der Waals surface area contributed by atoms with Crippen molar-refractivity contribution in [3.63, 3.8) is 0 Å². The number of para-hydroxylation sites is 1. The molecule has 2 N–H and O–H groups in total. The van der Waals surface area contributed by atoms with Gasteiger partial charge in [-0.05, 0) is 37.5 Å². The van der Waals surface area contributed by atoms with Crippen LogP contribution in [-0.4, -0.2) is 0 Å². The summed E-state index contributed by atoms with van der Waals surface area (Å²) in [4.78, 5) is 0. The largest absolute Gasteiger partial charge is 0.489 e. The molecular formula is C18H23NO. The van der Waals surface area contributed by atoms with Gasteiger partial charge in [-0.25, -0.2) is 0 Å². The molecule has 2 heteroatoms. The minimum absolute atomic E-state index is 0.0322. The van der Waals surface area contributed by atoms with E-state index in [-0.39, 0.29) is 6.04 Å². The Morgan fingerprint density at radius 2 is 1.85 bits per heavy atom. The van der Waals surface area contributed by atoms with Crippen molar-refractivity contribution in [2.75, 3.05) is 0 Å². The van der Waals surface area contributed by atoms with Crippen LogP contribution in [0.15, 0.2) is 42.5 Å². The van der Waals surface area contributed by atoms with Crippen LogP contribution in [0.25, 0.3) is 0 Å². The van der Waals surface area contributed by atoms with E-state index < -0.39 is 0 Å². The van der Waals surface area contributed by atoms with Gasteiger partial charge in [-0.15, -0.1) is 0 Å². The van der Waals surface area contributed by atoms with Crippen LogP contribution in [-0.2, 0) is 6.61 Å². The molecule has 0 aliphatic rings. The molecule has 0 heterocycles. The molecule has 0 saturated heterocycles. The maximum absolute atomic E-state index is 6.14. The predicted octanol–water partition coefficient (Wildman–Crippen LogP) is 4.29. The van der Waals surface area contributed by atoms with Gasteiger partial charge in [-0.3, -0.25) is 0 Å². The van der Waals surface area contributed by atoms with E-state index >= 15 is 0 Å². The van der Waals surface area contributed by atoms with Gasteiger partial charge in [0.15, 0.2) is 0 Å². The molecule has 1 atom stereocenters. The smallest absolute Gasteiger partial charge is 0.124 e. The van der Waals surface area contributed by atoms with Crippen molar-refractivity contribution < 1.29 is 4.74 Å². The molecule has 2 rings (SSSR count). The zero-order valence-corrected chi connectivity index (χ0v) is 12.5. The van der Waals surface area contributed by atoms with Crippen LogP contribution in [0.3, 0.4) is 0 Å². The summed E-state index contributed by atoms with van der Waals surface area (Å²) in [5, 5.41) is 0. The highest BCUT2D eigenvalue weighted by molar-refractivity contribution is 5.36. The summed E-state index contributed by atoms with van der Waals surface area (Å²) in [6.45, 7) is 6.89. The fraction of sp³-hybridized carbons (Fsp3) is 0.333. The first-order valence-electron chi connectivity index (χ1n) is 7.15. The Labute approximate surface area is 121 Å². The quantitative estimate of drug-likeness (QED) is 0.878. The monoisotopic (exact) mass is 269 g/mol. The molecule has 2 nitrogen and oxygen atoms in total. The highest BCUT2D eigenvalue weighted by atomic mass is 16.5. The Kier molecular flexibility index (Phi) is 4.80. The molecule has 2 aromatic carbocycles. The molecule has 0 bridgehead atoms. The van der Waals surface area contributed by atoms with Gasteiger partial charge >= 0.3 is 0 Å². The molecule has 0 aliphatic carbocycles. The minimum atomic E-state index is 0.0322. The molecule has 0 spiro atoms. The second-order valence-electron chi connectivity index (χ2n) is 5.27. The molecule has 106 valence electrons. The zero-order chi connectivity index (χ0) is 14.5. The number of ether oxygens (including phenoxy) is 1. The first-order valence-corrected chi connectivity index (χ1v) is 7.15. The first-order chi connectivity index (χ1) is 9.61. The first kappa shape index (κ1) is 14.6. The van der Waals surface area contributed by atoms with Gasteiger partial charge in [0.25, 0.3) is 0 Å². The van der Waals surface area contributed by atoms with Crippen molar-refractivity contribution >= 4 is 0 Å². The summed E-state index contributed by atoms with van der Waals surface area (Å²) < 4.78 is 6.00. The maximum Gasteiger partial charge on any atom is 0.124 e. The van der Waals surface area contributed by atoms with E-state index in [1.807, 2.05) is 24.3 Å². The fourth-order valence-corrected chi connectivity index (χ4v) is 2.25. The number of benzene rings is 2. The summed E-state index contributed by atoms with van der Waals surface area (Å²) in [5.41, 5.74) is 11.0. The Bertz CT molecular complexity index is 577. The van der Waals surface area contributed by atoms with E-state index in [4.69, 9.17) is 10.5 Å². The third-order valence-corrected chi connectivity index (χ3v) is 3.65. The normalized spacial score (nSPS) is 12.2. The molecule has 0 radical (unpaired) electrons. The van der Waals surface area contributed by atoms with Crippen LogP contribution in [0.2, 0.25) is 0 Å². The molecule has 0 saturated carbocycles. The average molecular weight is 269 g/mol. The lowest BCUT2D eigenvalue weighted by Gasteiger charge is -2.16. The van der Waals surface area contributed by atoms with Crippen molar-refractivity contribution in [1.82, 2.24) is 0 Å². The lowest BCUT2D eigenvalue weighted by atomic mass is 10.0. The van der Waals surface area contributed by atoms with Gasteiger partial charge in [-0.1, -0.05) is 48.9 Å². The number of hydrogen-bond acceptors (Lipinski definition) is 2. The lowest BCUT2D eigenvalue weighted by Crippen LogP contribution is -2.11. The van der Waals surface area contributed by atoms with E-state index in [0.29, 0.717) is 6.61 Å².